The molecule has 1 aromatic carbocycles. The first-order valence-electron chi connectivity index (χ1n) is 8.10. The lowest BCUT2D eigenvalue weighted by Gasteiger charge is -2.40. The van der Waals surface area contributed by atoms with Gasteiger partial charge in [0.05, 0.1) is 25.3 Å². The smallest absolute Gasteiger partial charge is 0.318 e. The summed E-state index contributed by atoms with van der Waals surface area (Å²) in [5.41, 5.74) is 1.17. The predicted octanol–water partition coefficient (Wildman–Crippen LogP) is 1.10. The molecule has 2 amide bonds. The van der Waals surface area contributed by atoms with E-state index in [1.165, 1.54) is 5.56 Å². The van der Waals surface area contributed by atoms with E-state index in [1.807, 2.05) is 23.1 Å². The summed E-state index contributed by atoms with van der Waals surface area (Å²) in [6, 6.07) is 10.2. The zero-order valence-corrected chi connectivity index (χ0v) is 13.8. The summed E-state index contributed by atoms with van der Waals surface area (Å²) >= 11 is 0. The molecule has 0 aromatic heterocycles. The van der Waals surface area contributed by atoms with Crippen LogP contribution >= 0.6 is 0 Å². The van der Waals surface area contributed by atoms with Crippen LogP contribution in [-0.2, 0) is 9.47 Å². The first kappa shape index (κ1) is 16.2. The molecule has 1 unspecified atom stereocenters. The number of hydrogen-bond acceptors (Lipinski definition) is 4. The molecular weight excluding hydrogens is 294 g/mol. The Hall–Kier alpha value is -1.63. The molecule has 2 aliphatic heterocycles. The van der Waals surface area contributed by atoms with Crippen LogP contribution in [0.1, 0.15) is 11.6 Å². The van der Waals surface area contributed by atoms with Gasteiger partial charge in [-0.3, -0.25) is 0 Å². The molecule has 0 spiro atoms. The monoisotopic (exact) mass is 319 g/mol. The molecule has 0 radical (unpaired) electrons. The minimum atomic E-state index is -0.0800. The summed E-state index contributed by atoms with van der Waals surface area (Å²) < 4.78 is 10.8. The second-order valence-electron chi connectivity index (χ2n) is 6.25. The first-order valence-corrected chi connectivity index (χ1v) is 8.10. The van der Waals surface area contributed by atoms with E-state index in [0.29, 0.717) is 19.8 Å². The highest BCUT2D eigenvalue weighted by molar-refractivity contribution is 5.75. The molecule has 0 saturated carbocycles. The normalized spacial score (nSPS) is 28.8. The fourth-order valence-corrected chi connectivity index (χ4v) is 3.27. The third-order valence-corrected chi connectivity index (χ3v) is 4.67. The first-order chi connectivity index (χ1) is 11.2. The van der Waals surface area contributed by atoms with Gasteiger partial charge in [-0.2, -0.15) is 0 Å². The van der Waals surface area contributed by atoms with Gasteiger partial charge in [0.25, 0.3) is 0 Å². The van der Waals surface area contributed by atoms with Crippen LogP contribution in [0.3, 0.4) is 0 Å². The predicted molar refractivity (Wildman–Crippen MR) is 87.3 cm³/mol. The van der Waals surface area contributed by atoms with Crippen LogP contribution in [0.25, 0.3) is 0 Å². The van der Waals surface area contributed by atoms with Gasteiger partial charge in [0.15, 0.2) is 0 Å². The van der Waals surface area contributed by atoms with E-state index in [2.05, 4.69) is 29.4 Å². The van der Waals surface area contributed by atoms with Crippen molar-refractivity contribution < 1.29 is 14.3 Å². The van der Waals surface area contributed by atoms with E-state index in [-0.39, 0.29) is 24.2 Å². The number of urea groups is 1. The second-order valence-corrected chi connectivity index (χ2v) is 6.25. The number of likely N-dealkylation sites (N-methyl/N-ethyl adjacent to an activating group) is 1. The van der Waals surface area contributed by atoms with Gasteiger partial charge >= 0.3 is 6.03 Å². The van der Waals surface area contributed by atoms with Gasteiger partial charge in [-0.25, -0.2) is 4.79 Å². The number of ether oxygens (including phenoxy) is 2. The molecule has 3 rings (SSSR count). The van der Waals surface area contributed by atoms with E-state index in [4.69, 9.17) is 9.47 Å². The Bertz CT molecular complexity index is 525. The summed E-state index contributed by atoms with van der Waals surface area (Å²) in [5.74, 6) is 0. The Morgan fingerprint density at radius 3 is 2.78 bits per heavy atom. The van der Waals surface area contributed by atoms with Crippen LogP contribution in [0, 0.1) is 0 Å². The number of rotatable bonds is 3. The van der Waals surface area contributed by atoms with Gasteiger partial charge in [0, 0.05) is 26.7 Å². The van der Waals surface area contributed by atoms with Gasteiger partial charge in [0.2, 0.25) is 0 Å². The van der Waals surface area contributed by atoms with E-state index in [1.54, 1.807) is 7.11 Å². The van der Waals surface area contributed by atoms with Crippen molar-refractivity contribution in [2.45, 2.75) is 18.2 Å². The highest BCUT2D eigenvalue weighted by Gasteiger charge is 2.34. The van der Waals surface area contributed by atoms with E-state index in [0.717, 1.165) is 13.1 Å². The highest BCUT2D eigenvalue weighted by Crippen LogP contribution is 2.25. The number of carbonyl (C=O) groups excluding carboxylic acids is 1. The van der Waals surface area contributed by atoms with Gasteiger partial charge in [-0.15, -0.1) is 0 Å². The number of nitrogens with zero attached hydrogens (tertiary/aromatic N) is 2. The summed E-state index contributed by atoms with van der Waals surface area (Å²) in [4.78, 5) is 17.0. The Balaban J connectivity index is 1.72. The summed E-state index contributed by atoms with van der Waals surface area (Å²) in [6.45, 7) is 3.48. The quantitative estimate of drug-likeness (QED) is 0.906. The molecule has 1 N–H and O–H groups in total. The number of benzene rings is 1. The van der Waals surface area contributed by atoms with Gasteiger partial charge < -0.3 is 24.6 Å². The average molecular weight is 319 g/mol. The number of nitrogens with one attached hydrogen (secondary N) is 1. The van der Waals surface area contributed by atoms with Crippen LogP contribution in [0.15, 0.2) is 30.3 Å². The largest absolute Gasteiger partial charge is 0.377 e. The molecule has 2 fully saturated rings. The zero-order valence-electron chi connectivity index (χ0n) is 13.8. The molecule has 126 valence electrons. The maximum Gasteiger partial charge on any atom is 0.318 e. The topological polar surface area (TPSA) is 54.0 Å². The summed E-state index contributed by atoms with van der Waals surface area (Å²) in [6.07, 6.45) is -0.0680. The fourth-order valence-electron chi connectivity index (χ4n) is 3.27. The molecule has 2 saturated heterocycles. The van der Waals surface area contributed by atoms with Crippen LogP contribution in [0.4, 0.5) is 4.79 Å². The van der Waals surface area contributed by atoms with Gasteiger partial charge in [-0.1, -0.05) is 30.3 Å². The number of methoxy groups -OCH3 is 1. The van der Waals surface area contributed by atoms with Crippen molar-refractivity contribution in [1.82, 2.24) is 15.1 Å². The van der Waals surface area contributed by atoms with Crippen molar-refractivity contribution in [2.24, 2.45) is 0 Å². The summed E-state index contributed by atoms with van der Waals surface area (Å²) in [5, 5.41) is 3.08. The maximum atomic E-state index is 12.8. The van der Waals surface area contributed by atoms with Crippen molar-refractivity contribution in [2.75, 3.05) is 47.0 Å². The van der Waals surface area contributed by atoms with E-state index in [9.17, 15) is 4.79 Å². The van der Waals surface area contributed by atoms with E-state index >= 15 is 0 Å². The molecule has 0 aliphatic carbocycles. The SMILES string of the molecule is CO[C@@H]1COC[C@@H]1NC(=O)N1CCN(C)CC1c1ccccc1. The third kappa shape index (κ3) is 3.65. The van der Waals surface area contributed by atoms with Crippen molar-refractivity contribution >= 4 is 6.03 Å². The molecular formula is C17H25N3O3. The number of hydrogen-bond donors (Lipinski definition) is 1. The zero-order chi connectivity index (χ0) is 16.2. The third-order valence-electron chi connectivity index (χ3n) is 4.67. The minimum Gasteiger partial charge on any atom is -0.377 e. The molecule has 23 heavy (non-hydrogen) atoms. The Morgan fingerprint density at radius 2 is 2.04 bits per heavy atom. The Kier molecular flexibility index (Phi) is 5.15. The molecule has 2 heterocycles. The fraction of sp³-hybridized carbons (Fsp3) is 0.588. The van der Waals surface area contributed by atoms with Crippen molar-refractivity contribution in [1.29, 1.82) is 0 Å². The van der Waals surface area contributed by atoms with Crippen LogP contribution in [-0.4, -0.2) is 75.0 Å². The van der Waals surface area contributed by atoms with Gasteiger partial charge in [0.1, 0.15) is 6.10 Å². The maximum absolute atomic E-state index is 12.8. The molecule has 3 atom stereocenters. The molecule has 0 bridgehead atoms. The van der Waals surface area contributed by atoms with Crippen LogP contribution in [0.5, 0.6) is 0 Å². The highest BCUT2D eigenvalue weighted by atomic mass is 16.5. The van der Waals surface area contributed by atoms with Crippen molar-refractivity contribution in [3.63, 3.8) is 0 Å². The van der Waals surface area contributed by atoms with E-state index < -0.39 is 0 Å². The van der Waals surface area contributed by atoms with Gasteiger partial charge in [-0.05, 0) is 12.6 Å². The van der Waals surface area contributed by atoms with Crippen molar-refractivity contribution in [3.8, 4) is 0 Å². The second kappa shape index (κ2) is 7.29. The summed E-state index contributed by atoms with van der Waals surface area (Å²) in [7, 11) is 3.75. The molecule has 2 aliphatic rings. The molecule has 1 aromatic rings. The lowest BCUT2D eigenvalue weighted by atomic mass is 10.0. The van der Waals surface area contributed by atoms with Crippen molar-refractivity contribution in [3.05, 3.63) is 35.9 Å². The minimum absolute atomic E-state index is 0.0375. The Morgan fingerprint density at radius 1 is 1.26 bits per heavy atom. The average Bonchev–Trinajstić information content (AvgIpc) is 3.02. The van der Waals surface area contributed by atoms with Crippen LogP contribution < -0.4 is 5.32 Å². The lowest BCUT2D eigenvalue weighted by molar-refractivity contribution is 0.0699. The number of piperazine rings is 1. The Labute approximate surface area is 137 Å². The number of carbonyl (C=O) groups is 1. The molecule has 6 nitrogen and oxygen atoms in total. The molecule has 6 heteroatoms. The number of amides is 2. The van der Waals surface area contributed by atoms with Crippen LogP contribution in [0.2, 0.25) is 0 Å². The standard InChI is InChI=1S/C17H25N3O3/c1-19-8-9-20(15(10-19)13-6-4-3-5-7-13)17(21)18-14-11-23-12-16(14)22-2/h3-7,14-16H,8-12H2,1-2H3,(H,18,21)/t14-,15?,16+/m0/s1. The lowest BCUT2D eigenvalue weighted by Crippen LogP contribution is -2.55.